The Morgan fingerprint density at radius 2 is 2.00 bits per heavy atom. The third-order valence-electron chi connectivity index (χ3n) is 2.13. The average Bonchev–Trinajstić information content (AvgIpc) is 2.03. The molecule has 68 valence electrons. The molecule has 0 bridgehead atoms. The minimum absolute atomic E-state index is 0.590. The van der Waals surface area contributed by atoms with Gasteiger partial charge in [-0.1, -0.05) is 42.9 Å². The van der Waals surface area contributed by atoms with Crippen molar-refractivity contribution < 1.29 is 0 Å². The molecule has 0 aromatic carbocycles. The van der Waals surface area contributed by atoms with Crippen molar-refractivity contribution in [3.8, 4) is 0 Å². The lowest BCUT2D eigenvalue weighted by Crippen LogP contribution is -1.96. The van der Waals surface area contributed by atoms with Gasteiger partial charge in [0.25, 0.3) is 0 Å². The van der Waals surface area contributed by atoms with Crippen LogP contribution in [0.3, 0.4) is 0 Å². The largest absolute Gasteiger partial charge is 0.0999 e. The second-order valence-corrected chi connectivity index (χ2v) is 3.32. The highest BCUT2D eigenvalue weighted by Crippen LogP contribution is 2.18. The molecule has 0 saturated heterocycles. The molecule has 0 aromatic heterocycles. The minimum Gasteiger partial charge on any atom is -0.0999 e. The van der Waals surface area contributed by atoms with Crippen LogP contribution in [0.1, 0.15) is 34.1 Å². The summed E-state index contributed by atoms with van der Waals surface area (Å²) in [5.74, 6) is 0.590. The molecule has 0 aromatic rings. The maximum atomic E-state index is 3.95. The van der Waals surface area contributed by atoms with Gasteiger partial charge in [-0.3, -0.25) is 0 Å². The highest BCUT2D eigenvalue weighted by atomic mass is 14.1. The zero-order valence-corrected chi connectivity index (χ0v) is 8.72. The topological polar surface area (TPSA) is 0 Å². The monoisotopic (exact) mass is 164 g/mol. The average molecular weight is 164 g/mol. The van der Waals surface area contributed by atoms with Gasteiger partial charge in [0, 0.05) is 0 Å². The van der Waals surface area contributed by atoms with Crippen molar-refractivity contribution in [1.82, 2.24) is 0 Å². The van der Waals surface area contributed by atoms with Crippen LogP contribution in [0.4, 0.5) is 0 Å². The standard InChI is InChI=1S/C12H20/c1-6-8-12(7-2)9-11(5)10(3)4/h6-8,11H,3,9H2,1-2,4-5H3. The Morgan fingerprint density at radius 3 is 2.33 bits per heavy atom. The molecular formula is C12H20. The molecule has 0 aliphatic rings. The van der Waals surface area contributed by atoms with Crippen LogP contribution in [0.2, 0.25) is 0 Å². The zero-order chi connectivity index (χ0) is 9.56. The second-order valence-electron chi connectivity index (χ2n) is 3.32. The van der Waals surface area contributed by atoms with Gasteiger partial charge in [0.1, 0.15) is 0 Å². The van der Waals surface area contributed by atoms with Gasteiger partial charge in [-0.15, -0.1) is 0 Å². The third kappa shape index (κ3) is 4.17. The lowest BCUT2D eigenvalue weighted by Gasteiger charge is -2.10. The van der Waals surface area contributed by atoms with E-state index in [9.17, 15) is 0 Å². The molecule has 0 aliphatic carbocycles. The van der Waals surface area contributed by atoms with Gasteiger partial charge in [0.2, 0.25) is 0 Å². The van der Waals surface area contributed by atoms with Gasteiger partial charge in [-0.25, -0.2) is 0 Å². The van der Waals surface area contributed by atoms with Crippen molar-refractivity contribution in [1.29, 1.82) is 0 Å². The van der Waals surface area contributed by atoms with Gasteiger partial charge in [-0.05, 0) is 33.1 Å². The molecule has 0 nitrogen and oxygen atoms in total. The van der Waals surface area contributed by atoms with Crippen molar-refractivity contribution in [3.63, 3.8) is 0 Å². The fourth-order valence-electron chi connectivity index (χ4n) is 1.02. The first-order valence-electron chi connectivity index (χ1n) is 4.55. The summed E-state index contributed by atoms with van der Waals surface area (Å²) >= 11 is 0. The van der Waals surface area contributed by atoms with Crippen LogP contribution in [-0.2, 0) is 0 Å². The fourth-order valence-corrected chi connectivity index (χ4v) is 1.02. The van der Waals surface area contributed by atoms with E-state index in [0.29, 0.717) is 5.92 Å². The zero-order valence-electron chi connectivity index (χ0n) is 8.72. The summed E-state index contributed by atoms with van der Waals surface area (Å²) in [6.07, 6.45) is 7.52. The molecular weight excluding hydrogens is 144 g/mol. The van der Waals surface area contributed by atoms with Crippen molar-refractivity contribution in [2.75, 3.05) is 0 Å². The Labute approximate surface area is 76.7 Å². The summed E-state index contributed by atoms with van der Waals surface area (Å²) in [7, 11) is 0. The quantitative estimate of drug-likeness (QED) is 0.433. The first-order chi connectivity index (χ1) is 5.61. The Balaban J connectivity index is 4.13. The minimum atomic E-state index is 0.590. The first kappa shape index (κ1) is 11.2. The second kappa shape index (κ2) is 5.82. The van der Waals surface area contributed by atoms with Gasteiger partial charge in [0.15, 0.2) is 0 Å². The SMILES string of the molecule is C=C(C)C(C)CC(C=CC)=CC. The maximum absolute atomic E-state index is 3.95. The molecule has 1 unspecified atom stereocenters. The molecule has 0 aliphatic heterocycles. The maximum Gasteiger partial charge on any atom is -0.0197 e. The first-order valence-corrected chi connectivity index (χ1v) is 4.55. The van der Waals surface area contributed by atoms with Crippen molar-refractivity contribution in [2.45, 2.75) is 34.1 Å². The summed E-state index contributed by atoms with van der Waals surface area (Å²) in [5, 5.41) is 0. The molecule has 0 heteroatoms. The predicted octanol–water partition coefficient (Wildman–Crippen LogP) is 4.11. The summed E-state index contributed by atoms with van der Waals surface area (Å²) in [4.78, 5) is 0. The van der Waals surface area contributed by atoms with E-state index in [1.54, 1.807) is 0 Å². The van der Waals surface area contributed by atoms with Crippen LogP contribution >= 0.6 is 0 Å². The number of hydrogen-bond acceptors (Lipinski definition) is 0. The Morgan fingerprint density at radius 1 is 1.42 bits per heavy atom. The fraction of sp³-hybridized carbons (Fsp3) is 0.500. The highest BCUT2D eigenvalue weighted by molar-refractivity contribution is 5.19. The Kier molecular flexibility index (Phi) is 5.44. The van der Waals surface area contributed by atoms with E-state index in [1.807, 2.05) is 0 Å². The lowest BCUT2D eigenvalue weighted by atomic mass is 9.95. The van der Waals surface area contributed by atoms with Crippen LogP contribution < -0.4 is 0 Å². The third-order valence-corrected chi connectivity index (χ3v) is 2.13. The summed E-state index contributed by atoms with van der Waals surface area (Å²) in [6.45, 7) is 12.4. The Hall–Kier alpha value is -0.780. The summed E-state index contributed by atoms with van der Waals surface area (Å²) in [6, 6.07) is 0. The lowest BCUT2D eigenvalue weighted by molar-refractivity contribution is 0.682. The molecule has 0 spiro atoms. The van der Waals surface area contributed by atoms with E-state index in [-0.39, 0.29) is 0 Å². The molecule has 0 N–H and O–H groups in total. The molecule has 1 atom stereocenters. The molecule has 0 heterocycles. The van der Waals surface area contributed by atoms with Crippen molar-refractivity contribution >= 4 is 0 Å². The molecule has 0 amide bonds. The highest BCUT2D eigenvalue weighted by Gasteiger charge is 2.02. The van der Waals surface area contributed by atoms with E-state index in [4.69, 9.17) is 0 Å². The molecule has 0 saturated carbocycles. The van der Waals surface area contributed by atoms with Crippen LogP contribution in [0, 0.1) is 5.92 Å². The van der Waals surface area contributed by atoms with Gasteiger partial charge < -0.3 is 0 Å². The number of hydrogen-bond donors (Lipinski definition) is 0. The van der Waals surface area contributed by atoms with E-state index < -0.39 is 0 Å². The van der Waals surface area contributed by atoms with E-state index in [2.05, 4.69) is 52.5 Å². The van der Waals surface area contributed by atoms with Gasteiger partial charge in [0.05, 0.1) is 0 Å². The smallest absolute Gasteiger partial charge is 0.0197 e. The van der Waals surface area contributed by atoms with Crippen molar-refractivity contribution in [2.24, 2.45) is 5.92 Å². The molecule has 0 fully saturated rings. The van der Waals surface area contributed by atoms with Gasteiger partial charge in [-0.2, -0.15) is 0 Å². The van der Waals surface area contributed by atoms with Crippen LogP contribution in [0.5, 0.6) is 0 Å². The predicted molar refractivity (Wildman–Crippen MR) is 57.2 cm³/mol. The summed E-state index contributed by atoms with van der Waals surface area (Å²) in [5.41, 5.74) is 2.66. The molecule has 12 heavy (non-hydrogen) atoms. The van der Waals surface area contributed by atoms with Crippen LogP contribution in [-0.4, -0.2) is 0 Å². The van der Waals surface area contributed by atoms with Gasteiger partial charge >= 0.3 is 0 Å². The normalized spacial score (nSPS) is 15.2. The van der Waals surface area contributed by atoms with E-state index in [0.717, 1.165) is 6.42 Å². The summed E-state index contributed by atoms with van der Waals surface area (Å²) < 4.78 is 0. The molecule has 0 rings (SSSR count). The van der Waals surface area contributed by atoms with E-state index >= 15 is 0 Å². The van der Waals surface area contributed by atoms with Crippen LogP contribution in [0.15, 0.2) is 36.0 Å². The van der Waals surface area contributed by atoms with Crippen molar-refractivity contribution in [3.05, 3.63) is 36.0 Å². The Bertz CT molecular complexity index is 194. The molecule has 0 radical (unpaired) electrons. The van der Waals surface area contributed by atoms with E-state index in [1.165, 1.54) is 11.1 Å². The number of rotatable bonds is 4. The van der Waals surface area contributed by atoms with Crippen LogP contribution in [0.25, 0.3) is 0 Å². The number of allylic oxidation sites excluding steroid dienone is 5.